The Morgan fingerprint density at radius 2 is 2.17 bits per heavy atom. The van der Waals surface area contributed by atoms with Crippen molar-refractivity contribution in [1.82, 2.24) is 10.2 Å². The topological polar surface area (TPSA) is 55.0 Å². The first kappa shape index (κ1) is 9.73. The van der Waals surface area contributed by atoms with Crippen molar-refractivity contribution in [2.24, 2.45) is 0 Å². The number of aromatic nitrogens is 2. The van der Waals surface area contributed by atoms with Crippen molar-refractivity contribution in [3.63, 3.8) is 0 Å². The van der Waals surface area contributed by atoms with Gasteiger partial charge in [0.05, 0.1) is 6.61 Å². The van der Waals surface area contributed by atoms with Gasteiger partial charge in [0.1, 0.15) is 8.95 Å². The van der Waals surface area contributed by atoms with Crippen LogP contribution in [0.15, 0.2) is 13.7 Å². The van der Waals surface area contributed by atoms with Gasteiger partial charge in [0.2, 0.25) is 5.88 Å². The third-order valence-electron chi connectivity index (χ3n) is 1.12. The molecule has 1 rings (SSSR count). The lowest BCUT2D eigenvalue weighted by atomic mass is 10.5. The molecule has 66 valence electrons. The molecule has 0 aliphatic carbocycles. The van der Waals surface area contributed by atoms with Gasteiger partial charge >= 0.3 is 0 Å². The lowest BCUT2D eigenvalue weighted by molar-refractivity contribution is 0.319. The molecule has 1 aromatic heterocycles. The second kappa shape index (κ2) is 4.04. The molecule has 0 spiro atoms. The molecule has 4 nitrogen and oxygen atoms in total. The predicted molar refractivity (Wildman–Crippen MR) is 51.4 cm³/mol. The van der Waals surface area contributed by atoms with Crippen LogP contribution < -0.4 is 10.3 Å². The van der Waals surface area contributed by atoms with Crippen LogP contribution in [0.1, 0.15) is 6.92 Å². The van der Waals surface area contributed by atoms with E-state index >= 15 is 0 Å². The van der Waals surface area contributed by atoms with E-state index in [0.717, 1.165) is 0 Å². The predicted octanol–water partition coefficient (Wildman–Crippen LogP) is 1.69. The summed E-state index contributed by atoms with van der Waals surface area (Å²) in [4.78, 5) is 10.9. The van der Waals surface area contributed by atoms with E-state index in [0.29, 0.717) is 21.4 Å². The van der Waals surface area contributed by atoms with Crippen molar-refractivity contribution in [3.05, 3.63) is 19.3 Å². The van der Waals surface area contributed by atoms with Crippen molar-refractivity contribution in [2.75, 3.05) is 6.61 Å². The smallest absolute Gasteiger partial charge is 0.279 e. The number of nitrogens with zero attached hydrogens (tertiary/aromatic N) is 1. The molecular weight excluding hydrogens is 292 g/mol. The van der Waals surface area contributed by atoms with Gasteiger partial charge in [0.25, 0.3) is 5.56 Å². The quantitative estimate of drug-likeness (QED) is 0.904. The highest BCUT2D eigenvalue weighted by molar-refractivity contribution is 9.13. The molecule has 0 radical (unpaired) electrons. The van der Waals surface area contributed by atoms with Crippen LogP contribution >= 0.6 is 31.9 Å². The van der Waals surface area contributed by atoms with Crippen molar-refractivity contribution in [3.8, 4) is 5.88 Å². The summed E-state index contributed by atoms with van der Waals surface area (Å²) < 4.78 is 6.04. The number of nitrogens with one attached hydrogen (secondary N) is 1. The second-order valence-corrected chi connectivity index (χ2v) is 3.50. The lowest BCUT2D eigenvalue weighted by Crippen LogP contribution is -2.11. The first-order valence-electron chi connectivity index (χ1n) is 3.23. The minimum atomic E-state index is -0.287. The summed E-state index contributed by atoms with van der Waals surface area (Å²) in [5.41, 5.74) is -0.287. The maximum Gasteiger partial charge on any atom is 0.279 e. The molecule has 1 N–H and O–H groups in total. The fourth-order valence-corrected chi connectivity index (χ4v) is 1.27. The van der Waals surface area contributed by atoms with Gasteiger partial charge in [0, 0.05) is 0 Å². The Morgan fingerprint density at radius 3 is 2.75 bits per heavy atom. The van der Waals surface area contributed by atoms with E-state index in [4.69, 9.17) is 4.74 Å². The minimum absolute atomic E-state index is 0.287. The van der Waals surface area contributed by atoms with E-state index < -0.39 is 0 Å². The maximum atomic E-state index is 10.9. The van der Waals surface area contributed by atoms with Crippen LogP contribution in [0.4, 0.5) is 0 Å². The molecule has 0 atom stereocenters. The van der Waals surface area contributed by atoms with Crippen molar-refractivity contribution in [2.45, 2.75) is 6.92 Å². The monoisotopic (exact) mass is 296 g/mol. The number of ether oxygens (including phenoxy) is 1. The number of hydrogen-bond acceptors (Lipinski definition) is 3. The molecule has 6 heteroatoms. The number of halogens is 2. The van der Waals surface area contributed by atoms with Crippen LogP contribution in [0.2, 0.25) is 0 Å². The first-order valence-corrected chi connectivity index (χ1v) is 4.82. The molecule has 0 bridgehead atoms. The van der Waals surface area contributed by atoms with Gasteiger partial charge in [-0.15, -0.1) is 5.10 Å². The Morgan fingerprint density at radius 1 is 1.50 bits per heavy atom. The standard InChI is InChI=1S/C6H6Br2N2O2/c1-2-12-6-4(8)3(7)5(11)9-10-6/h2H2,1H3,(H,9,11). The van der Waals surface area contributed by atoms with Crippen LogP contribution in [0.25, 0.3) is 0 Å². The summed E-state index contributed by atoms with van der Waals surface area (Å²) in [6.45, 7) is 2.34. The summed E-state index contributed by atoms with van der Waals surface area (Å²) in [6, 6.07) is 0. The van der Waals surface area contributed by atoms with Crippen LogP contribution in [-0.2, 0) is 0 Å². The molecular formula is C6H6Br2N2O2. The molecule has 0 aliphatic rings. The number of hydrogen-bond donors (Lipinski definition) is 1. The highest BCUT2D eigenvalue weighted by atomic mass is 79.9. The summed E-state index contributed by atoms with van der Waals surface area (Å²) in [7, 11) is 0. The number of aromatic amines is 1. The van der Waals surface area contributed by atoms with Gasteiger partial charge < -0.3 is 4.74 Å². The minimum Gasteiger partial charge on any atom is -0.476 e. The van der Waals surface area contributed by atoms with E-state index in [-0.39, 0.29) is 5.56 Å². The van der Waals surface area contributed by atoms with Gasteiger partial charge in [-0.25, -0.2) is 5.10 Å². The first-order chi connectivity index (χ1) is 5.66. The molecule has 1 aromatic rings. The normalized spacial score (nSPS) is 9.92. The van der Waals surface area contributed by atoms with Crippen LogP contribution in [0.3, 0.4) is 0 Å². The van der Waals surface area contributed by atoms with E-state index in [2.05, 4.69) is 42.1 Å². The highest BCUT2D eigenvalue weighted by Gasteiger charge is 2.09. The van der Waals surface area contributed by atoms with Crippen LogP contribution in [-0.4, -0.2) is 16.8 Å². The fraction of sp³-hybridized carbons (Fsp3) is 0.333. The average molecular weight is 298 g/mol. The van der Waals surface area contributed by atoms with Crippen LogP contribution in [0.5, 0.6) is 5.88 Å². The zero-order valence-corrected chi connectivity index (χ0v) is 9.40. The van der Waals surface area contributed by atoms with Gasteiger partial charge in [-0.05, 0) is 38.8 Å². The summed E-state index contributed by atoms with van der Waals surface area (Å²) in [6.07, 6.45) is 0. The number of H-pyrrole nitrogens is 1. The molecule has 1 heterocycles. The number of rotatable bonds is 2. The third-order valence-corrected chi connectivity index (χ3v) is 3.14. The summed E-state index contributed by atoms with van der Waals surface area (Å²) in [5, 5.41) is 5.98. The fourth-order valence-electron chi connectivity index (χ4n) is 0.626. The third kappa shape index (κ3) is 1.87. The van der Waals surface area contributed by atoms with Gasteiger partial charge in [-0.3, -0.25) is 4.79 Å². The molecule has 12 heavy (non-hydrogen) atoms. The zero-order valence-electron chi connectivity index (χ0n) is 6.23. The van der Waals surface area contributed by atoms with Gasteiger partial charge in [0.15, 0.2) is 0 Å². The van der Waals surface area contributed by atoms with Crippen molar-refractivity contribution >= 4 is 31.9 Å². The summed E-state index contributed by atoms with van der Waals surface area (Å²) >= 11 is 6.27. The second-order valence-electron chi connectivity index (χ2n) is 1.92. The Balaban J connectivity index is 3.17. The largest absolute Gasteiger partial charge is 0.476 e. The Hall–Kier alpha value is -0.360. The van der Waals surface area contributed by atoms with E-state index in [1.54, 1.807) is 0 Å². The lowest BCUT2D eigenvalue weighted by Gasteiger charge is -2.03. The van der Waals surface area contributed by atoms with Crippen molar-refractivity contribution < 1.29 is 4.74 Å². The molecule has 0 unspecified atom stereocenters. The molecule has 0 saturated carbocycles. The average Bonchev–Trinajstić information content (AvgIpc) is 2.07. The molecule has 0 aromatic carbocycles. The van der Waals surface area contributed by atoms with Crippen LogP contribution in [0, 0.1) is 0 Å². The Bertz CT molecular complexity index is 337. The SMILES string of the molecule is CCOc1n[nH]c(=O)c(Br)c1Br. The summed E-state index contributed by atoms with van der Waals surface area (Å²) in [5.74, 6) is 0.379. The van der Waals surface area contributed by atoms with Crippen molar-refractivity contribution in [1.29, 1.82) is 0 Å². The van der Waals surface area contributed by atoms with Gasteiger partial charge in [-0.1, -0.05) is 0 Å². The zero-order chi connectivity index (χ0) is 9.14. The Kier molecular flexibility index (Phi) is 3.28. The van der Waals surface area contributed by atoms with E-state index in [1.807, 2.05) is 6.92 Å². The molecule has 0 aliphatic heterocycles. The van der Waals surface area contributed by atoms with E-state index in [9.17, 15) is 4.79 Å². The maximum absolute atomic E-state index is 10.9. The molecule has 0 amide bonds. The highest BCUT2D eigenvalue weighted by Crippen LogP contribution is 2.26. The molecule has 0 fully saturated rings. The Labute approximate surface area is 85.6 Å². The van der Waals surface area contributed by atoms with Gasteiger partial charge in [-0.2, -0.15) is 0 Å². The van der Waals surface area contributed by atoms with E-state index in [1.165, 1.54) is 0 Å². The molecule has 0 saturated heterocycles.